The molecule has 1 N–H and O–H groups in total. The minimum atomic E-state index is -0.537. The number of nitrogens with zero attached hydrogens (tertiary/aromatic N) is 2. The Morgan fingerprint density at radius 1 is 0.957 bits per heavy atom. The summed E-state index contributed by atoms with van der Waals surface area (Å²) < 4.78 is 13.1. The molecule has 0 aliphatic carbocycles. The van der Waals surface area contributed by atoms with Crippen LogP contribution in [0.3, 0.4) is 0 Å². The first-order valence-electron chi connectivity index (χ1n) is 7.10. The van der Waals surface area contributed by atoms with Gasteiger partial charge in [0.1, 0.15) is 5.82 Å². The van der Waals surface area contributed by atoms with E-state index in [-0.39, 0.29) is 11.5 Å². The molecule has 0 saturated heterocycles. The fourth-order valence-corrected chi connectivity index (χ4v) is 2.18. The lowest BCUT2D eigenvalue weighted by atomic mass is 10.1. The highest BCUT2D eigenvalue weighted by atomic mass is 19.1. The molecule has 0 unspecified atom stereocenters. The van der Waals surface area contributed by atoms with Gasteiger partial charge >= 0.3 is 0 Å². The van der Waals surface area contributed by atoms with Gasteiger partial charge in [0.05, 0.1) is 11.8 Å². The molecular formula is C18H14FN3O. The van der Waals surface area contributed by atoms with Crippen LogP contribution in [0.4, 0.5) is 10.1 Å². The van der Waals surface area contributed by atoms with E-state index >= 15 is 0 Å². The van der Waals surface area contributed by atoms with E-state index < -0.39 is 5.82 Å². The number of nitrogens with one attached hydrogen (secondary N) is 1. The second-order valence-electron chi connectivity index (χ2n) is 5.08. The predicted octanol–water partition coefficient (Wildman–Crippen LogP) is 3.46. The monoisotopic (exact) mass is 307 g/mol. The van der Waals surface area contributed by atoms with E-state index in [4.69, 9.17) is 0 Å². The fraction of sp³-hybridized carbons (Fsp3) is 0.0556. The number of pyridine rings is 2. The number of hydrogen-bond donors (Lipinski definition) is 1. The lowest BCUT2D eigenvalue weighted by Crippen LogP contribution is -2.12. The van der Waals surface area contributed by atoms with Crippen LogP contribution in [0.5, 0.6) is 0 Å². The third kappa shape index (κ3) is 3.97. The zero-order chi connectivity index (χ0) is 16.1. The summed E-state index contributed by atoms with van der Waals surface area (Å²) in [7, 11) is 0. The van der Waals surface area contributed by atoms with Crippen molar-refractivity contribution in [2.45, 2.75) is 6.42 Å². The molecule has 0 atom stereocenters. The molecule has 0 spiro atoms. The molecule has 0 bridgehead atoms. The Balaban J connectivity index is 1.67. The van der Waals surface area contributed by atoms with Gasteiger partial charge in [0.2, 0.25) is 0 Å². The van der Waals surface area contributed by atoms with Crippen molar-refractivity contribution < 1.29 is 9.18 Å². The van der Waals surface area contributed by atoms with Gasteiger partial charge in [-0.1, -0.05) is 12.1 Å². The highest BCUT2D eigenvalue weighted by Crippen LogP contribution is 2.14. The van der Waals surface area contributed by atoms with Crippen LogP contribution in [-0.4, -0.2) is 15.9 Å². The third-order valence-electron chi connectivity index (χ3n) is 3.34. The van der Waals surface area contributed by atoms with Gasteiger partial charge in [-0.05, 0) is 47.9 Å². The van der Waals surface area contributed by atoms with Crippen molar-refractivity contribution in [3.8, 4) is 0 Å². The van der Waals surface area contributed by atoms with Crippen molar-refractivity contribution >= 4 is 11.6 Å². The van der Waals surface area contributed by atoms with Crippen molar-refractivity contribution in [3.63, 3.8) is 0 Å². The molecule has 0 radical (unpaired) electrons. The van der Waals surface area contributed by atoms with Crippen LogP contribution in [0.25, 0.3) is 0 Å². The maximum atomic E-state index is 13.1. The third-order valence-corrected chi connectivity index (χ3v) is 3.34. The summed E-state index contributed by atoms with van der Waals surface area (Å²) in [4.78, 5) is 19.7. The quantitative estimate of drug-likeness (QED) is 0.803. The molecule has 2 aromatic heterocycles. The molecule has 23 heavy (non-hydrogen) atoms. The molecule has 3 rings (SSSR count). The first-order chi connectivity index (χ1) is 11.2. The Morgan fingerprint density at radius 2 is 1.65 bits per heavy atom. The topological polar surface area (TPSA) is 54.9 Å². The SMILES string of the molecule is O=C(Nc1ccc(Cc2ccncc2)cc1)c1cncc(F)c1. The van der Waals surface area contributed by atoms with E-state index in [1.54, 1.807) is 12.4 Å². The zero-order valence-electron chi connectivity index (χ0n) is 12.2. The first-order valence-corrected chi connectivity index (χ1v) is 7.10. The van der Waals surface area contributed by atoms with Gasteiger partial charge in [0, 0.05) is 24.3 Å². The number of carbonyl (C=O) groups excluding carboxylic acids is 1. The smallest absolute Gasteiger partial charge is 0.257 e. The maximum absolute atomic E-state index is 13.1. The average molecular weight is 307 g/mol. The van der Waals surface area contributed by atoms with Crippen LogP contribution in [0.1, 0.15) is 21.5 Å². The molecule has 4 nitrogen and oxygen atoms in total. The molecule has 5 heteroatoms. The summed E-state index contributed by atoms with van der Waals surface area (Å²) in [6.07, 6.45) is 6.71. The van der Waals surface area contributed by atoms with Crippen LogP contribution < -0.4 is 5.32 Å². The number of benzene rings is 1. The zero-order valence-corrected chi connectivity index (χ0v) is 12.2. The number of aromatic nitrogens is 2. The summed E-state index contributed by atoms with van der Waals surface area (Å²) in [5.74, 6) is -0.927. The Morgan fingerprint density at radius 3 is 2.35 bits per heavy atom. The molecule has 114 valence electrons. The lowest BCUT2D eigenvalue weighted by molar-refractivity contribution is 0.102. The Bertz CT molecular complexity index is 804. The van der Waals surface area contributed by atoms with Crippen molar-refractivity contribution in [2.24, 2.45) is 0 Å². The second kappa shape index (κ2) is 6.79. The highest BCUT2D eigenvalue weighted by molar-refractivity contribution is 6.04. The second-order valence-corrected chi connectivity index (χ2v) is 5.08. The number of rotatable bonds is 4. The van der Waals surface area contributed by atoms with Crippen molar-refractivity contribution in [2.75, 3.05) is 5.32 Å². The Labute approximate surface area is 133 Å². The van der Waals surface area contributed by atoms with Gasteiger partial charge in [-0.2, -0.15) is 0 Å². The van der Waals surface area contributed by atoms with Crippen LogP contribution in [0.2, 0.25) is 0 Å². The molecule has 2 heterocycles. The molecule has 0 fully saturated rings. The number of anilines is 1. The van der Waals surface area contributed by atoms with Crippen LogP contribution in [0.15, 0.2) is 67.3 Å². The summed E-state index contributed by atoms with van der Waals surface area (Å²) in [5, 5.41) is 2.72. The highest BCUT2D eigenvalue weighted by Gasteiger charge is 2.07. The van der Waals surface area contributed by atoms with Crippen LogP contribution in [-0.2, 0) is 6.42 Å². The standard InChI is InChI=1S/C18H14FN3O/c19-16-10-15(11-21-12-16)18(23)22-17-3-1-13(2-4-17)9-14-5-7-20-8-6-14/h1-8,10-12H,9H2,(H,22,23). The molecule has 0 aliphatic heterocycles. The van der Waals surface area contributed by atoms with Gasteiger partial charge in [-0.3, -0.25) is 14.8 Å². The first kappa shape index (κ1) is 14.8. The van der Waals surface area contributed by atoms with E-state index in [1.165, 1.54) is 11.8 Å². The van der Waals surface area contributed by atoms with Gasteiger partial charge in [0.25, 0.3) is 5.91 Å². The van der Waals surface area contributed by atoms with Gasteiger partial charge in [0.15, 0.2) is 0 Å². The molecule has 0 saturated carbocycles. The van der Waals surface area contributed by atoms with Crippen molar-refractivity contribution in [3.05, 3.63) is 89.8 Å². The molecule has 1 aromatic carbocycles. The van der Waals surface area contributed by atoms with E-state index in [1.807, 2.05) is 36.4 Å². The lowest BCUT2D eigenvalue weighted by Gasteiger charge is -2.07. The number of hydrogen-bond acceptors (Lipinski definition) is 3. The molecule has 0 aliphatic rings. The normalized spacial score (nSPS) is 10.3. The summed E-state index contributed by atoms with van der Waals surface area (Å²) in [6, 6.07) is 12.6. The fourth-order valence-electron chi connectivity index (χ4n) is 2.18. The van der Waals surface area contributed by atoms with Gasteiger partial charge < -0.3 is 5.32 Å². The number of amides is 1. The molecular weight excluding hydrogens is 293 g/mol. The predicted molar refractivity (Wildman–Crippen MR) is 85.6 cm³/mol. The van der Waals surface area contributed by atoms with E-state index in [9.17, 15) is 9.18 Å². The van der Waals surface area contributed by atoms with E-state index in [0.717, 1.165) is 24.2 Å². The number of halogens is 1. The average Bonchev–Trinajstić information content (AvgIpc) is 2.57. The Hall–Kier alpha value is -3.08. The van der Waals surface area contributed by atoms with Crippen molar-refractivity contribution in [1.82, 2.24) is 9.97 Å². The summed E-state index contributed by atoms with van der Waals surface area (Å²) >= 11 is 0. The summed E-state index contributed by atoms with van der Waals surface area (Å²) in [6.45, 7) is 0. The molecule has 3 aromatic rings. The molecule has 1 amide bonds. The Kier molecular flexibility index (Phi) is 4.38. The van der Waals surface area contributed by atoms with Crippen molar-refractivity contribution in [1.29, 1.82) is 0 Å². The van der Waals surface area contributed by atoms with Gasteiger partial charge in [-0.15, -0.1) is 0 Å². The minimum Gasteiger partial charge on any atom is -0.322 e. The van der Waals surface area contributed by atoms with Gasteiger partial charge in [-0.25, -0.2) is 4.39 Å². The van der Waals surface area contributed by atoms with Crippen LogP contribution >= 0.6 is 0 Å². The maximum Gasteiger partial charge on any atom is 0.257 e. The van der Waals surface area contributed by atoms with E-state index in [0.29, 0.717) is 5.69 Å². The van der Waals surface area contributed by atoms with Crippen LogP contribution in [0, 0.1) is 5.82 Å². The number of carbonyl (C=O) groups is 1. The largest absolute Gasteiger partial charge is 0.322 e. The summed E-state index contributed by atoms with van der Waals surface area (Å²) in [5.41, 5.74) is 3.13. The minimum absolute atomic E-state index is 0.186. The van der Waals surface area contributed by atoms with E-state index in [2.05, 4.69) is 15.3 Å².